The highest BCUT2D eigenvalue weighted by molar-refractivity contribution is 5.60. The molecule has 0 aromatic carbocycles. The van der Waals surface area contributed by atoms with Gasteiger partial charge in [0.2, 0.25) is 0 Å². The minimum atomic E-state index is -1.04. The van der Waals surface area contributed by atoms with Crippen molar-refractivity contribution in [3.63, 3.8) is 0 Å². The second-order valence-electron chi connectivity index (χ2n) is 5.88. The molecule has 0 radical (unpaired) electrons. The monoisotopic (exact) mass is 274 g/mol. The molecule has 0 aliphatic heterocycles. The number of ether oxygens (including phenoxy) is 2. The van der Waals surface area contributed by atoms with Gasteiger partial charge in [-0.05, 0) is 30.6 Å². The van der Waals surface area contributed by atoms with E-state index >= 15 is 0 Å². The Kier molecular flexibility index (Phi) is 6.58. The smallest absolute Gasteiger partial charge is 0.431 e. The number of carbonyl (C=O) groups excluding carboxylic acids is 1. The maximum Gasteiger partial charge on any atom is 0.508 e. The third-order valence-electron chi connectivity index (χ3n) is 3.81. The molecule has 5 nitrogen and oxygen atoms in total. The maximum absolute atomic E-state index is 11.6. The summed E-state index contributed by atoms with van der Waals surface area (Å²) >= 11 is 0. The maximum atomic E-state index is 11.6. The highest BCUT2D eigenvalue weighted by Crippen LogP contribution is 2.35. The van der Waals surface area contributed by atoms with Crippen molar-refractivity contribution >= 4 is 6.16 Å². The van der Waals surface area contributed by atoms with Gasteiger partial charge < -0.3 is 19.7 Å². The first-order valence-electron chi connectivity index (χ1n) is 7.06. The molecule has 0 amide bonds. The third-order valence-corrected chi connectivity index (χ3v) is 3.81. The highest BCUT2D eigenvalue weighted by Gasteiger charge is 2.33. The Morgan fingerprint density at radius 2 is 2.05 bits per heavy atom. The lowest BCUT2D eigenvalue weighted by Crippen LogP contribution is -2.36. The number of carbonyl (C=O) groups is 1. The molecule has 1 saturated carbocycles. The van der Waals surface area contributed by atoms with Gasteiger partial charge in [-0.3, -0.25) is 0 Å². The zero-order valence-corrected chi connectivity index (χ0v) is 12.0. The summed E-state index contributed by atoms with van der Waals surface area (Å²) in [4.78, 5) is 11.6. The van der Waals surface area contributed by atoms with Crippen LogP contribution in [0, 0.1) is 17.8 Å². The van der Waals surface area contributed by atoms with E-state index in [1.54, 1.807) is 0 Å². The summed E-state index contributed by atoms with van der Waals surface area (Å²) < 4.78 is 10.2. The van der Waals surface area contributed by atoms with E-state index in [2.05, 4.69) is 20.8 Å². The van der Waals surface area contributed by atoms with Crippen LogP contribution in [0.1, 0.15) is 40.0 Å². The Bertz CT molecular complexity index is 279. The molecular formula is C14H26O5. The summed E-state index contributed by atoms with van der Waals surface area (Å²) in [7, 11) is 0. The van der Waals surface area contributed by atoms with E-state index in [1.165, 1.54) is 6.42 Å². The number of aliphatic hydroxyl groups is 2. The van der Waals surface area contributed by atoms with Crippen LogP contribution < -0.4 is 0 Å². The molecule has 1 rings (SSSR count). The largest absolute Gasteiger partial charge is 0.508 e. The third kappa shape index (κ3) is 5.37. The van der Waals surface area contributed by atoms with E-state index in [4.69, 9.17) is 19.7 Å². The van der Waals surface area contributed by atoms with E-state index in [0.29, 0.717) is 17.8 Å². The SMILES string of the molecule is CC1CC[C@@H](C(C)C)C(OC(=O)OCC(O)CO)C1. The zero-order valence-electron chi connectivity index (χ0n) is 12.0. The Hall–Kier alpha value is -0.810. The molecule has 19 heavy (non-hydrogen) atoms. The van der Waals surface area contributed by atoms with E-state index in [1.807, 2.05) is 0 Å². The fourth-order valence-corrected chi connectivity index (χ4v) is 2.62. The first-order valence-corrected chi connectivity index (χ1v) is 7.06. The summed E-state index contributed by atoms with van der Waals surface area (Å²) in [6.45, 7) is 5.77. The lowest BCUT2D eigenvalue weighted by atomic mass is 9.75. The van der Waals surface area contributed by atoms with Gasteiger partial charge in [0.1, 0.15) is 18.8 Å². The minimum absolute atomic E-state index is 0.109. The van der Waals surface area contributed by atoms with E-state index in [-0.39, 0.29) is 12.7 Å². The van der Waals surface area contributed by atoms with Gasteiger partial charge in [0.15, 0.2) is 0 Å². The Labute approximate surface area is 114 Å². The topological polar surface area (TPSA) is 76.0 Å². The molecule has 0 aromatic heterocycles. The molecule has 3 unspecified atom stereocenters. The number of aliphatic hydroxyl groups excluding tert-OH is 2. The highest BCUT2D eigenvalue weighted by atomic mass is 16.7. The lowest BCUT2D eigenvalue weighted by Gasteiger charge is -2.36. The van der Waals surface area contributed by atoms with Crippen LogP contribution in [0.4, 0.5) is 4.79 Å². The van der Waals surface area contributed by atoms with Crippen molar-refractivity contribution in [2.24, 2.45) is 17.8 Å². The summed E-state index contributed by atoms with van der Waals surface area (Å²) in [5.41, 5.74) is 0. The summed E-state index contributed by atoms with van der Waals surface area (Å²) in [6, 6.07) is 0. The van der Waals surface area contributed by atoms with Gasteiger partial charge >= 0.3 is 6.16 Å². The molecule has 2 N–H and O–H groups in total. The second kappa shape index (κ2) is 7.70. The van der Waals surface area contributed by atoms with E-state index < -0.39 is 18.9 Å². The first-order chi connectivity index (χ1) is 8.93. The molecule has 1 aliphatic rings. The lowest BCUT2D eigenvalue weighted by molar-refractivity contribution is -0.0475. The molecule has 0 saturated heterocycles. The van der Waals surface area contributed by atoms with Gasteiger partial charge in [-0.2, -0.15) is 0 Å². The Morgan fingerprint density at radius 3 is 2.63 bits per heavy atom. The van der Waals surface area contributed by atoms with Crippen LogP contribution in [0.25, 0.3) is 0 Å². The molecule has 0 aromatic rings. The van der Waals surface area contributed by atoms with Crippen molar-refractivity contribution in [3.8, 4) is 0 Å². The van der Waals surface area contributed by atoms with Crippen LogP contribution in [0.3, 0.4) is 0 Å². The first kappa shape index (κ1) is 16.2. The zero-order chi connectivity index (χ0) is 14.4. The normalized spacial score (nSPS) is 29.1. The van der Waals surface area contributed by atoms with Crippen molar-refractivity contribution < 1.29 is 24.5 Å². The molecule has 4 atom stereocenters. The molecule has 1 aliphatic carbocycles. The van der Waals surface area contributed by atoms with Crippen LogP contribution in [0.2, 0.25) is 0 Å². The minimum Gasteiger partial charge on any atom is -0.431 e. The van der Waals surface area contributed by atoms with Gasteiger partial charge in [0, 0.05) is 0 Å². The number of rotatable bonds is 5. The Morgan fingerprint density at radius 1 is 1.37 bits per heavy atom. The van der Waals surface area contributed by atoms with Crippen molar-refractivity contribution in [1.29, 1.82) is 0 Å². The fraction of sp³-hybridized carbons (Fsp3) is 0.929. The molecule has 0 heterocycles. The van der Waals surface area contributed by atoms with Crippen molar-refractivity contribution in [1.82, 2.24) is 0 Å². The predicted octanol–water partition coefficient (Wildman–Crippen LogP) is 1.95. The van der Waals surface area contributed by atoms with Crippen LogP contribution in [-0.2, 0) is 9.47 Å². The average Bonchev–Trinajstić information content (AvgIpc) is 2.35. The quantitative estimate of drug-likeness (QED) is 0.749. The summed E-state index contributed by atoms with van der Waals surface area (Å²) in [6.07, 6.45) is 1.19. The van der Waals surface area contributed by atoms with Crippen LogP contribution in [0.5, 0.6) is 0 Å². The summed E-state index contributed by atoms with van der Waals surface area (Å²) in [5.74, 6) is 1.38. The molecule has 5 heteroatoms. The standard InChI is InChI=1S/C14H26O5/c1-9(2)12-5-4-10(3)6-13(12)19-14(17)18-8-11(16)7-15/h9-13,15-16H,4-8H2,1-3H3/t10?,11?,12-,13?/m0/s1. The summed E-state index contributed by atoms with van der Waals surface area (Å²) in [5, 5.41) is 17.7. The van der Waals surface area contributed by atoms with Gasteiger partial charge in [-0.15, -0.1) is 0 Å². The van der Waals surface area contributed by atoms with Gasteiger partial charge in [-0.1, -0.05) is 27.2 Å². The molecule has 1 fully saturated rings. The van der Waals surface area contributed by atoms with Gasteiger partial charge in [-0.25, -0.2) is 4.79 Å². The van der Waals surface area contributed by atoms with Crippen LogP contribution >= 0.6 is 0 Å². The van der Waals surface area contributed by atoms with Crippen molar-refractivity contribution in [2.75, 3.05) is 13.2 Å². The van der Waals surface area contributed by atoms with Crippen molar-refractivity contribution in [2.45, 2.75) is 52.2 Å². The average molecular weight is 274 g/mol. The number of hydrogen-bond acceptors (Lipinski definition) is 5. The van der Waals surface area contributed by atoms with Gasteiger partial charge in [0.25, 0.3) is 0 Å². The molecular weight excluding hydrogens is 248 g/mol. The van der Waals surface area contributed by atoms with E-state index in [0.717, 1.165) is 12.8 Å². The van der Waals surface area contributed by atoms with E-state index in [9.17, 15) is 4.79 Å². The molecule has 0 spiro atoms. The van der Waals surface area contributed by atoms with Gasteiger partial charge in [0.05, 0.1) is 6.61 Å². The Balaban J connectivity index is 2.44. The number of hydrogen-bond donors (Lipinski definition) is 2. The second-order valence-corrected chi connectivity index (χ2v) is 5.88. The predicted molar refractivity (Wildman–Crippen MR) is 70.7 cm³/mol. The fourth-order valence-electron chi connectivity index (χ4n) is 2.62. The van der Waals surface area contributed by atoms with Crippen LogP contribution in [0.15, 0.2) is 0 Å². The molecule has 112 valence electrons. The molecule has 0 bridgehead atoms. The van der Waals surface area contributed by atoms with Crippen molar-refractivity contribution in [3.05, 3.63) is 0 Å². The van der Waals surface area contributed by atoms with Crippen LogP contribution in [-0.4, -0.2) is 41.8 Å².